The summed E-state index contributed by atoms with van der Waals surface area (Å²) in [4.78, 5) is 12.3. The van der Waals surface area contributed by atoms with E-state index in [1.807, 2.05) is 18.2 Å². The van der Waals surface area contributed by atoms with Crippen molar-refractivity contribution in [1.29, 1.82) is 0 Å². The van der Waals surface area contributed by atoms with E-state index in [0.29, 0.717) is 11.6 Å². The van der Waals surface area contributed by atoms with Crippen molar-refractivity contribution in [3.63, 3.8) is 0 Å². The van der Waals surface area contributed by atoms with Crippen LogP contribution in [0.1, 0.15) is 25.7 Å². The van der Waals surface area contributed by atoms with Gasteiger partial charge in [-0.25, -0.2) is 19.3 Å². The van der Waals surface area contributed by atoms with Crippen LogP contribution in [0.3, 0.4) is 0 Å². The molecule has 0 aliphatic heterocycles. The molecule has 3 N–H and O–H groups in total. The van der Waals surface area contributed by atoms with Gasteiger partial charge in [-0.15, -0.1) is 0 Å². The van der Waals surface area contributed by atoms with Gasteiger partial charge in [-0.2, -0.15) is 0 Å². The van der Waals surface area contributed by atoms with E-state index in [4.69, 9.17) is 5.73 Å². The molecular formula is C16H16FN5S. The molecule has 1 aliphatic carbocycles. The van der Waals surface area contributed by atoms with E-state index in [-0.39, 0.29) is 11.6 Å². The summed E-state index contributed by atoms with van der Waals surface area (Å²) in [5, 5.41) is 4.42. The summed E-state index contributed by atoms with van der Waals surface area (Å²) in [5.41, 5.74) is 7.37. The van der Waals surface area contributed by atoms with Crippen LogP contribution in [0, 0.1) is 5.82 Å². The number of rotatable bonds is 3. The van der Waals surface area contributed by atoms with Crippen LogP contribution in [0.25, 0.3) is 21.5 Å². The first kappa shape index (κ1) is 14.3. The quantitative estimate of drug-likeness (QED) is 0.763. The Kier molecular flexibility index (Phi) is 3.57. The highest BCUT2D eigenvalue weighted by molar-refractivity contribution is 7.22. The van der Waals surface area contributed by atoms with E-state index >= 15 is 0 Å². The van der Waals surface area contributed by atoms with E-state index in [1.165, 1.54) is 25.7 Å². The Labute approximate surface area is 136 Å². The van der Waals surface area contributed by atoms with E-state index < -0.39 is 5.82 Å². The Morgan fingerprint density at radius 3 is 2.87 bits per heavy atom. The standard InChI is InChI=1S/C16H16FN5S/c17-11-8-19-15(18)22-14(11)9-5-6-12-13(7-9)23-16(21-12)20-10-3-1-2-4-10/h5-8,10H,1-4H2,(H,20,21)(H2,18,19,22). The van der Waals surface area contributed by atoms with Crippen LogP contribution >= 0.6 is 11.3 Å². The number of aromatic nitrogens is 3. The molecule has 0 saturated heterocycles. The van der Waals surface area contributed by atoms with E-state index in [1.54, 1.807) is 11.3 Å². The third-order valence-corrected chi connectivity index (χ3v) is 5.06. The Morgan fingerprint density at radius 1 is 1.22 bits per heavy atom. The van der Waals surface area contributed by atoms with Gasteiger partial charge in [0.1, 0.15) is 5.69 Å². The fraction of sp³-hybridized carbons (Fsp3) is 0.312. The van der Waals surface area contributed by atoms with Crippen molar-refractivity contribution in [2.24, 2.45) is 0 Å². The lowest BCUT2D eigenvalue weighted by Crippen LogP contribution is -2.13. The third kappa shape index (κ3) is 2.84. The van der Waals surface area contributed by atoms with Crippen LogP contribution in [-0.2, 0) is 0 Å². The normalized spacial score (nSPS) is 15.3. The lowest BCUT2D eigenvalue weighted by Gasteiger charge is -2.09. The number of hydrogen-bond acceptors (Lipinski definition) is 6. The zero-order chi connectivity index (χ0) is 15.8. The summed E-state index contributed by atoms with van der Waals surface area (Å²) in [5.74, 6) is -0.415. The summed E-state index contributed by atoms with van der Waals surface area (Å²) >= 11 is 1.58. The van der Waals surface area contributed by atoms with Crippen molar-refractivity contribution in [1.82, 2.24) is 15.0 Å². The zero-order valence-corrected chi connectivity index (χ0v) is 13.2. The molecule has 0 bridgehead atoms. The first-order valence-electron chi connectivity index (χ1n) is 7.64. The van der Waals surface area contributed by atoms with E-state index in [2.05, 4.69) is 20.3 Å². The topological polar surface area (TPSA) is 76.7 Å². The van der Waals surface area contributed by atoms with Gasteiger partial charge in [0, 0.05) is 11.6 Å². The Morgan fingerprint density at radius 2 is 2.04 bits per heavy atom. The molecule has 4 rings (SSSR count). The van der Waals surface area contributed by atoms with Crippen molar-refractivity contribution in [3.05, 3.63) is 30.2 Å². The molecule has 3 aromatic rings. The third-order valence-electron chi connectivity index (χ3n) is 4.11. The van der Waals surface area contributed by atoms with Crippen molar-refractivity contribution in [2.45, 2.75) is 31.7 Å². The summed E-state index contributed by atoms with van der Waals surface area (Å²) in [6.45, 7) is 0. The lowest BCUT2D eigenvalue weighted by atomic mass is 10.1. The summed E-state index contributed by atoms with van der Waals surface area (Å²) < 4.78 is 14.9. The second-order valence-corrected chi connectivity index (χ2v) is 6.78. The number of hydrogen-bond donors (Lipinski definition) is 2. The highest BCUT2D eigenvalue weighted by Gasteiger charge is 2.17. The molecule has 0 radical (unpaired) electrons. The van der Waals surface area contributed by atoms with Gasteiger partial charge in [-0.05, 0) is 25.0 Å². The van der Waals surface area contributed by atoms with E-state index in [9.17, 15) is 4.39 Å². The van der Waals surface area contributed by atoms with Gasteiger partial charge in [0.2, 0.25) is 5.95 Å². The highest BCUT2D eigenvalue weighted by Crippen LogP contribution is 2.32. The second-order valence-electron chi connectivity index (χ2n) is 5.75. The maximum absolute atomic E-state index is 13.9. The Balaban J connectivity index is 1.68. The van der Waals surface area contributed by atoms with Crippen molar-refractivity contribution in [2.75, 3.05) is 11.1 Å². The van der Waals surface area contributed by atoms with Gasteiger partial charge in [0.15, 0.2) is 10.9 Å². The maximum atomic E-state index is 13.9. The number of anilines is 2. The maximum Gasteiger partial charge on any atom is 0.220 e. The average molecular weight is 329 g/mol. The van der Waals surface area contributed by atoms with Crippen LogP contribution in [0.4, 0.5) is 15.5 Å². The zero-order valence-electron chi connectivity index (χ0n) is 12.4. The first-order valence-corrected chi connectivity index (χ1v) is 8.46. The molecule has 0 unspecified atom stereocenters. The number of thiazole rings is 1. The Bertz CT molecular complexity index is 857. The fourth-order valence-electron chi connectivity index (χ4n) is 2.96. The fourth-order valence-corrected chi connectivity index (χ4v) is 3.94. The molecule has 1 aromatic carbocycles. The molecule has 23 heavy (non-hydrogen) atoms. The van der Waals surface area contributed by atoms with Crippen LogP contribution < -0.4 is 11.1 Å². The second kappa shape index (κ2) is 5.73. The number of nitrogen functional groups attached to an aromatic ring is 1. The van der Waals surface area contributed by atoms with Crippen LogP contribution in [-0.4, -0.2) is 21.0 Å². The molecular weight excluding hydrogens is 313 g/mol. The average Bonchev–Trinajstić information content (AvgIpc) is 3.18. The monoisotopic (exact) mass is 329 g/mol. The smallest absolute Gasteiger partial charge is 0.220 e. The molecule has 1 fully saturated rings. The number of fused-ring (bicyclic) bond motifs is 1. The molecule has 1 aliphatic rings. The lowest BCUT2D eigenvalue weighted by molar-refractivity contribution is 0.619. The minimum atomic E-state index is -0.479. The number of benzene rings is 1. The van der Waals surface area contributed by atoms with Crippen molar-refractivity contribution in [3.8, 4) is 11.3 Å². The van der Waals surface area contributed by atoms with Crippen LogP contribution in [0.5, 0.6) is 0 Å². The van der Waals surface area contributed by atoms with Crippen LogP contribution in [0.2, 0.25) is 0 Å². The van der Waals surface area contributed by atoms with Crippen molar-refractivity contribution >= 4 is 32.6 Å². The summed E-state index contributed by atoms with van der Waals surface area (Å²) in [7, 11) is 0. The predicted octanol–water partition coefficient (Wildman–Crippen LogP) is 3.83. The molecule has 1 saturated carbocycles. The molecule has 7 heteroatoms. The predicted molar refractivity (Wildman–Crippen MR) is 90.9 cm³/mol. The van der Waals surface area contributed by atoms with Gasteiger partial charge in [0.25, 0.3) is 0 Å². The number of nitrogens with zero attached hydrogens (tertiary/aromatic N) is 3. The molecule has 0 amide bonds. The number of nitrogens with one attached hydrogen (secondary N) is 1. The van der Waals surface area contributed by atoms with Gasteiger partial charge in [-0.1, -0.05) is 30.2 Å². The van der Waals surface area contributed by atoms with Gasteiger partial charge >= 0.3 is 0 Å². The Hall–Kier alpha value is -2.28. The molecule has 0 atom stereocenters. The number of halogens is 1. The summed E-state index contributed by atoms with van der Waals surface area (Å²) in [6, 6.07) is 6.12. The van der Waals surface area contributed by atoms with Crippen molar-refractivity contribution < 1.29 is 4.39 Å². The molecule has 2 aromatic heterocycles. The molecule has 118 valence electrons. The van der Waals surface area contributed by atoms with Gasteiger partial charge < -0.3 is 11.1 Å². The minimum Gasteiger partial charge on any atom is -0.368 e. The molecule has 2 heterocycles. The number of nitrogens with two attached hydrogens (primary N) is 1. The minimum absolute atomic E-state index is 0.0643. The molecule has 5 nitrogen and oxygen atoms in total. The van der Waals surface area contributed by atoms with Gasteiger partial charge in [-0.3, -0.25) is 0 Å². The SMILES string of the molecule is Nc1ncc(F)c(-c2ccc3nc(NC4CCCC4)sc3c2)n1. The van der Waals surface area contributed by atoms with Gasteiger partial charge in [0.05, 0.1) is 16.4 Å². The molecule has 0 spiro atoms. The first-order chi connectivity index (χ1) is 11.2. The summed E-state index contributed by atoms with van der Waals surface area (Å²) in [6.07, 6.45) is 6.06. The van der Waals surface area contributed by atoms with Crippen LogP contribution in [0.15, 0.2) is 24.4 Å². The highest BCUT2D eigenvalue weighted by atomic mass is 32.1. The largest absolute Gasteiger partial charge is 0.368 e. The van der Waals surface area contributed by atoms with E-state index in [0.717, 1.165) is 21.5 Å².